The normalized spacial score (nSPS) is 16.9. The fourth-order valence-electron chi connectivity index (χ4n) is 2.14. The van der Waals surface area contributed by atoms with Crippen molar-refractivity contribution < 1.29 is 9.32 Å². The molecule has 17 heavy (non-hydrogen) atoms. The Morgan fingerprint density at radius 2 is 2.29 bits per heavy atom. The van der Waals surface area contributed by atoms with Gasteiger partial charge in [0.05, 0.1) is 5.69 Å². The van der Waals surface area contributed by atoms with Gasteiger partial charge in [0.1, 0.15) is 11.3 Å². The number of hydrogen-bond acceptors (Lipinski definition) is 4. The minimum absolute atomic E-state index is 0.0595. The molecule has 0 bridgehead atoms. The Morgan fingerprint density at radius 1 is 1.47 bits per heavy atom. The van der Waals surface area contributed by atoms with Gasteiger partial charge >= 0.3 is 0 Å². The zero-order valence-electron chi connectivity index (χ0n) is 10.5. The lowest BCUT2D eigenvalue weighted by atomic mass is 10.1. The molecule has 1 aliphatic heterocycles. The number of nitrogens with zero attached hydrogens (tertiary/aromatic N) is 2. The molecule has 94 valence electrons. The van der Waals surface area contributed by atoms with Gasteiger partial charge in [-0.3, -0.25) is 4.79 Å². The molecule has 1 aromatic rings. The second-order valence-electron chi connectivity index (χ2n) is 4.32. The van der Waals surface area contributed by atoms with Crippen LogP contribution in [0.1, 0.15) is 35.2 Å². The molecule has 5 heteroatoms. The number of rotatable bonds is 2. The Labute approximate surface area is 101 Å². The van der Waals surface area contributed by atoms with Crippen molar-refractivity contribution in [1.29, 1.82) is 0 Å². The molecule has 2 heterocycles. The van der Waals surface area contributed by atoms with E-state index in [1.165, 1.54) is 0 Å². The summed E-state index contributed by atoms with van der Waals surface area (Å²) < 4.78 is 5.17. The van der Waals surface area contributed by atoms with Crippen molar-refractivity contribution in [3.05, 3.63) is 17.0 Å². The van der Waals surface area contributed by atoms with E-state index in [0.717, 1.165) is 32.6 Å². The molecular formula is C12H19N3O2. The fourth-order valence-corrected chi connectivity index (χ4v) is 2.14. The Balaban J connectivity index is 2.20. The molecular weight excluding hydrogens is 218 g/mol. The Kier molecular flexibility index (Phi) is 3.78. The third-order valence-electron chi connectivity index (χ3n) is 3.10. The zero-order chi connectivity index (χ0) is 12.3. The molecule has 0 spiro atoms. The lowest BCUT2D eigenvalue weighted by Crippen LogP contribution is -2.34. The van der Waals surface area contributed by atoms with E-state index in [1.54, 1.807) is 0 Å². The van der Waals surface area contributed by atoms with Gasteiger partial charge in [0.2, 0.25) is 0 Å². The highest BCUT2D eigenvalue weighted by Gasteiger charge is 2.24. The first-order chi connectivity index (χ1) is 8.24. The number of nitrogens with one attached hydrogen (secondary N) is 1. The fraction of sp³-hybridized carbons (Fsp3) is 0.667. The number of amides is 1. The molecule has 5 nitrogen and oxygen atoms in total. The average Bonchev–Trinajstić information content (AvgIpc) is 2.56. The number of hydrogen-bond donors (Lipinski definition) is 1. The minimum atomic E-state index is 0.0595. The molecule has 1 saturated heterocycles. The third-order valence-corrected chi connectivity index (χ3v) is 3.10. The molecule has 0 saturated carbocycles. The van der Waals surface area contributed by atoms with Gasteiger partial charge in [0.15, 0.2) is 0 Å². The van der Waals surface area contributed by atoms with Crippen LogP contribution in [0.5, 0.6) is 0 Å². The van der Waals surface area contributed by atoms with Crippen molar-refractivity contribution in [3.8, 4) is 0 Å². The third kappa shape index (κ3) is 2.49. The van der Waals surface area contributed by atoms with Gasteiger partial charge < -0.3 is 14.7 Å². The van der Waals surface area contributed by atoms with Gasteiger partial charge in [-0.05, 0) is 19.9 Å². The molecule has 2 rings (SSSR count). The van der Waals surface area contributed by atoms with Crippen LogP contribution < -0.4 is 5.32 Å². The van der Waals surface area contributed by atoms with Crippen LogP contribution in [0.25, 0.3) is 0 Å². The lowest BCUT2D eigenvalue weighted by Gasteiger charge is -2.19. The van der Waals surface area contributed by atoms with Crippen LogP contribution >= 0.6 is 0 Å². The first-order valence-corrected chi connectivity index (χ1v) is 6.19. The predicted octanol–water partition coefficient (Wildman–Crippen LogP) is 0.981. The van der Waals surface area contributed by atoms with Crippen LogP contribution in [0.2, 0.25) is 0 Å². The van der Waals surface area contributed by atoms with Crippen LogP contribution in [-0.4, -0.2) is 42.1 Å². The monoisotopic (exact) mass is 237 g/mol. The zero-order valence-corrected chi connectivity index (χ0v) is 10.5. The summed E-state index contributed by atoms with van der Waals surface area (Å²) in [6.07, 6.45) is 1.70. The summed E-state index contributed by atoms with van der Waals surface area (Å²) in [5.74, 6) is 0.758. The highest BCUT2D eigenvalue weighted by Crippen LogP contribution is 2.17. The van der Waals surface area contributed by atoms with E-state index in [1.807, 2.05) is 18.7 Å². The topological polar surface area (TPSA) is 58.4 Å². The summed E-state index contributed by atoms with van der Waals surface area (Å²) in [7, 11) is 0. The molecule has 0 atom stereocenters. The van der Waals surface area contributed by atoms with E-state index >= 15 is 0 Å². The summed E-state index contributed by atoms with van der Waals surface area (Å²) in [6, 6.07) is 0. The summed E-state index contributed by atoms with van der Waals surface area (Å²) in [5.41, 5.74) is 1.36. The quantitative estimate of drug-likeness (QED) is 0.833. The average molecular weight is 237 g/mol. The van der Waals surface area contributed by atoms with Gasteiger partial charge in [0.25, 0.3) is 5.91 Å². The van der Waals surface area contributed by atoms with E-state index in [4.69, 9.17) is 4.52 Å². The molecule has 1 amide bonds. The van der Waals surface area contributed by atoms with Crippen molar-refractivity contribution in [3.63, 3.8) is 0 Å². The van der Waals surface area contributed by atoms with E-state index in [-0.39, 0.29) is 5.91 Å². The molecule has 0 aliphatic carbocycles. The number of aryl methyl sites for hydroxylation is 2. The first-order valence-electron chi connectivity index (χ1n) is 6.19. The summed E-state index contributed by atoms with van der Waals surface area (Å²) >= 11 is 0. The van der Waals surface area contributed by atoms with Crippen molar-refractivity contribution in [2.24, 2.45) is 0 Å². The second kappa shape index (κ2) is 5.31. The highest BCUT2D eigenvalue weighted by atomic mass is 16.5. The molecule has 0 aromatic carbocycles. The lowest BCUT2D eigenvalue weighted by molar-refractivity contribution is 0.0763. The minimum Gasteiger partial charge on any atom is -0.360 e. The van der Waals surface area contributed by atoms with Gasteiger partial charge in [-0.2, -0.15) is 0 Å². The van der Waals surface area contributed by atoms with Gasteiger partial charge in [-0.1, -0.05) is 12.1 Å². The van der Waals surface area contributed by atoms with Crippen LogP contribution in [0, 0.1) is 6.92 Å². The standard InChI is InChI=1S/C12H19N3O2/c1-3-10-11(9(2)14-17-10)12(16)15-7-4-5-13-6-8-15/h13H,3-8H2,1-2H3. The van der Waals surface area contributed by atoms with Gasteiger partial charge in [-0.15, -0.1) is 0 Å². The molecule has 1 fully saturated rings. The smallest absolute Gasteiger partial charge is 0.259 e. The van der Waals surface area contributed by atoms with E-state index in [9.17, 15) is 4.79 Å². The van der Waals surface area contributed by atoms with Crippen molar-refractivity contribution >= 4 is 5.91 Å². The Morgan fingerprint density at radius 3 is 3.06 bits per heavy atom. The Bertz CT molecular complexity index is 392. The maximum absolute atomic E-state index is 12.4. The molecule has 1 aliphatic rings. The second-order valence-corrected chi connectivity index (χ2v) is 4.32. The Hall–Kier alpha value is -1.36. The van der Waals surface area contributed by atoms with Crippen LogP contribution in [0.3, 0.4) is 0 Å². The van der Waals surface area contributed by atoms with Gasteiger partial charge in [-0.25, -0.2) is 0 Å². The number of carbonyl (C=O) groups excluding carboxylic acids is 1. The van der Waals surface area contributed by atoms with Crippen molar-refractivity contribution in [2.45, 2.75) is 26.7 Å². The first kappa shape index (κ1) is 12.1. The summed E-state index contributed by atoms with van der Waals surface area (Å²) in [5, 5.41) is 7.18. The number of carbonyl (C=O) groups is 1. The van der Waals surface area contributed by atoms with Gasteiger partial charge in [0, 0.05) is 26.1 Å². The van der Waals surface area contributed by atoms with E-state index in [2.05, 4.69) is 10.5 Å². The predicted molar refractivity (Wildman–Crippen MR) is 64.0 cm³/mol. The van der Waals surface area contributed by atoms with Crippen LogP contribution in [0.4, 0.5) is 0 Å². The van der Waals surface area contributed by atoms with Crippen LogP contribution in [0.15, 0.2) is 4.52 Å². The summed E-state index contributed by atoms with van der Waals surface area (Å²) in [6.45, 7) is 7.20. The SMILES string of the molecule is CCc1onc(C)c1C(=O)N1CCCNCC1. The highest BCUT2D eigenvalue weighted by molar-refractivity contribution is 5.96. The summed E-state index contributed by atoms with van der Waals surface area (Å²) in [4.78, 5) is 14.3. The molecule has 1 N–H and O–H groups in total. The molecule has 0 radical (unpaired) electrons. The van der Waals surface area contributed by atoms with Crippen molar-refractivity contribution in [1.82, 2.24) is 15.4 Å². The maximum atomic E-state index is 12.4. The number of aromatic nitrogens is 1. The maximum Gasteiger partial charge on any atom is 0.259 e. The van der Waals surface area contributed by atoms with Crippen molar-refractivity contribution in [2.75, 3.05) is 26.2 Å². The van der Waals surface area contributed by atoms with E-state index < -0.39 is 0 Å². The molecule has 1 aromatic heterocycles. The molecule has 0 unspecified atom stereocenters. The largest absolute Gasteiger partial charge is 0.360 e. The van der Waals surface area contributed by atoms with E-state index in [0.29, 0.717) is 23.4 Å². The van der Waals surface area contributed by atoms with Crippen LogP contribution in [-0.2, 0) is 6.42 Å².